The predicted molar refractivity (Wildman–Crippen MR) is 112 cm³/mol. The molecule has 5 atom stereocenters. The lowest BCUT2D eigenvalue weighted by atomic mass is 9.89. The Kier molecular flexibility index (Phi) is 5.91. The van der Waals surface area contributed by atoms with E-state index in [9.17, 15) is 40.5 Å². The quantitative estimate of drug-likeness (QED) is 0.278. The monoisotopic (exact) mass is 462 g/mol. The van der Waals surface area contributed by atoms with Crippen molar-refractivity contribution >= 4 is 11.0 Å². The molecule has 0 radical (unpaired) electrons. The molecular weight excluding hydrogens is 440 g/mol. The molecule has 1 fully saturated rings. The van der Waals surface area contributed by atoms with E-state index < -0.39 is 59.4 Å². The summed E-state index contributed by atoms with van der Waals surface area (Å²) < 4.78 is 16.4. The first kappa shape index (κ1) is 22.8. The molecule has 2 heterocycles. The molecule has 4 rings (SSSR count). The van der Waals surface area contributed by atoms with Crippen molar-refractivity contribution in [2.45, 2.75) is 30.5 Å². The first-order valence-corrected chi connectivity index (χ1v) is 9.89. The first-order valence-electron chi connectivity index (χ1n) is 9.89. The predicted octanol–water partition coefficient (Wildman–Crippen LogP) is 0.100. The number of hydrogen-bond acceptors (Lipinski definition) is 11. The molecule has 2 aromatic carbocycles. The fourth-order valence-electron chi connectivity index (χ4n) is 3.91. The van der Waals surface area contributed by atoms with Crippen molar-refractivity contribution in [3.05, 3.63) is 46.1 Å². The van der Waals surface area contributed by atoms with Crippen molar-refractivity contribution < 1.29 is 49.6 Å². The second-order valence-electron chi connectivity index (χ2n) is 7.62. The van der Waals surface area contributed by atoms with Crippen LogP contribution in [0.3, 0.4) is 0 Å². The van der Waals surface area contributed by atoms with Gasteiger partial charge < -0.3 is 49.6 Å². The summed E-state index contributed by atoms with van der Waals surface area (Å²) in [5.74, 6) is -1.89. The fourth-order valence-corrected chi connectivity index (χ4v) is 3.91. The van der Waals surface area contributed by atoms with Crippen molar-refractivity contribution in [3.63, 3.8) is 0 Å². The van der Waals surface area contributed by atoms with Gasteiger partial charge in [-0.2, -0.15) is 0 Å². The van der Waals surface area contributed by atoms with Crippen LogP contribution in [0.5, 0.6) is 23.0 Å². The molecule has 1 saturated heterocycles. The number of phenols is 2. The van der Waals surface area contributed by atoms with Gasteiger partial charge in [0.2, 0.25) is 11.2 Å². The summed E-state index contributed by atoms with van der Waals surface area (Å²) in [7, 11) is 1.24. The van der Waals surface area contributed by atoms with Crippen molar-refractivity contribution in [3.8, 4) is 34.3 Å². The van der Waals surface area contributed by atoms with Gasteiger partial charge in [0.15, 0.2) is 5.76 Å². The lowest BCUT2D eigenvalue weighted by molar-refractivity contribution is -0.232. The van der Waals surface area contributed by atoms with Crippen LogP contribution >= 0.6 is 0 Å². The highest BCUT2D eigenvalue weighted by atomic mass is 16.5. The molecule has 11 nitrogen and oxygen atoms in total. The van der Waals surface area contributed by atoms with Gasteiger partial charge in [-0.3, -0.25) is 4.79 Å². The van der Waals surface area contributed by atoms with Gasteiger partial charge in [0.05, 0.1) is 19.3 Å². The average Bonchev–Trinajstić information content (AvgIpc) is 2.81. The molecule has 1 aliphatic rings. The zero-order valence-electron chi connectivity index (χ0n) is 17.2. The minimum atomic E-state index is -1.75. The highest BCUT2D eigenvalue weighted by Crippen LogP contribution is 2.46. The third kappa shape index (κ3) is 3.65. The van der Waals surface area contributed by atoms with Crippen LogP contribution in [0.1, 0.15) is 11.7 Å². The van der Waals surface area contributed by atoms with Gasteiger partial charge in [0, 0.05) is 11.6 Å². The van der Waals surface area contributed by atoms with E-state index in [4.69, 9.17) is 13.9 Å². The third-order valence-electron chi connectivity index (χ3n) is 5.66. The minimum Gasteiger partial charge on any atom is -0.508 e. The number of aromatic hydroxyl groups is 3. The minimum absolute atomic E-state index is 0.0372. The Morgan fingerprint density at radius 1 is 0.970 bits per heavy atom. The molecular formula is C22H22O11. The highest BCUT2D eigenvalue weighted by molar-refractivity contribution is 5.90. The molecule has 3 aromatic rings. The first-order chi connectivity index (χ1) is 15.7. The second-order valence-corrected chi connectivity index (χ2v) is 7.62. The van der Waals surface area contributed by atoms with Gasteiger partial charge >= 0.3 is 0 Å². The number of rotatable bonds is 4. The maximum Gasteiger partial charge on any atom is 0.238 e. The third-order valence-corrected chi connectivity index (χ3v) is 5.66. The van der Waals surface area contributed by atoms with Crippen LogP contribution in [0.4, 0.5) is 0 Å². The smallest absolute Gasteiger partial charge is 0.238 e. The van der Waals surface area contributed by atoms with Crippen molar-refractivity contribution in [2.24, 2.45) is 0 Å². The number of aliphatic hydroxyl groups is 4. The molecule has 0 saturated carbocycles. The topological polar surface area (TPSA) is 190 Å². The van der Waals surface area contributed by atoms with Gasteiger partial charge in [-0.05, 0) is 24.3 Å². The number of hydrogen-bond donors (Lipinski definition) is 7. The van der Waals surface area contributed by atoms with E-state index in [0.717, 1.165) is 0 Å². The van der Waals surface area contributed by atoms with Crippen LogP contribution in [-0.4, -0.2) is 73.9 Å². The van der Waals surface area contributed by atoms with Gasteiger partial charge in [-0.15, -0.1) is 0 Å². The molecule has 7 N–H and O–H groups in total. The van der Waals surface area contributed by atoms with Crippen LogP contribution in [0.2, 0.25) is 0 Å². The Morgan fingerprint density at radius 3 is 2.24 bits per heavy atom. The van der Waals surface area contributed by atoms with E-state index in [0.29, 0.717) is 0 Å². The summed E-state index contributed by atoms with van der Waals surface area (Å²) in [6.45, 7) is -0.697. The van der Waals surface area contributed by atoms with Gasteiger partial charge in [0.1, 0.15) is 58.7 Å². The second kappa shape index (κ2) is 8.54. The molecule has 33 heavy (non-hydrogen) atoms. The van der Waals surface area contributed by atoms with Crippen LogP contribution in [0, 0.1) is 0 Å². The van der Waals surface area contributed by atoms with Gasteiger partial charge in [-0.25, -0.2) is 0 Å². The Hall–Kier alpha value is -3.35. The van der Waals surface area contributed by atoms with Crippen molar-refractivity contribution in [2.75, 3.05) is 13.7 Å². The van der Waals surface area contributed by atoms with E-state index in [1.165, 1.54) is 37.4 Å². The largest absolute Gasteiger partial charge is 0.508 e. The maximum absolute atomic E-state index is 13.0. The normalized spacial score (nSPS) is 25.3. The lowest BCUT2D eigenvalue weighted by Crippen LogP contribution is -2.55. The van der Waals surface area contributed by atoms with E-state index in [1.54, 1.807) is 0 Å². The SMILES string of the molecule is COc1cc2oc(-c3ccc(O)cc3)c(O)c(=O)c2c(O)c1[C@@H]1O[C@H](CO)[C@@H](O)[C@H](O)[C@H]1O. The number of phenolic OH excluding ortho intramolecular Hbond substituents is 2. The molecule has 176 valence electrons. The van der Waals surface area contributed by atoms with Crippen LogP contribution < -0.4 is 10.2 Å². The Balaban J connectivity index is 1.94. The van der Waals surface area contributed by atoms with Crippen LogP contribution in [0.25, 0.3) is 22.3 Å². The average molecular weight is 462 g/mol. The fraction of sp³-hybridized carbons (Fsp3) is 0.318. The number of aliphatic hydroxyl groups excluding tert-OH is 4. The molecule has 11 heteroatoms. The van der Waals surface area contributed by atoms with Gasteiger partial charge in [0.25, 0.3) is 0 Å². The summed E-state index contributed by atoms with van der Waals surface area (Å²) in [4.78, 5) is 13.0. The summed E-state index contributed by atoms with van der Waals surface area (Å²) >= 11 is 0. The zero-order chi connectivity index (χ0) is 24.0. The van der Waals surface area contributed by atoms with Crippen molar-refractivity contribution in [1.82, 2.24) is 0 Å². The molecule has 0 bridgehead atoms. The Labute approximate surface area is 185 Å². The number of benzene rings is 2. The molecule has 0 spiro atoms. The number of ether oxygens (including phenoxy) is 2. The van der Waals surface area contributed by atoms with Crippen molar-refractivity contribution in [1.29, 1.82) is 0 Å². The van der Waals surface area contributed by atoms with E-state index in [-0.39, 0.29) is 34.0 Å². The molecule has 1 aromatic heterocycles. The van der Waals surface area contributed by atoms with Crippen LogP contribution in [0.15, 0.2) is 39.5 Å². The van der Waals surface area contributed by atoms with E-state index in [2.05, 4.69) is 0 Å². The van der Waals surface area contributed by atoms with E-state index >= 15 is 0 Å². The standard InChI is InChI=1S/C22H22O11/c1-31-10-6-11-13(17(27)19(29)21(32-11)8-2-4-9(24)5-3-8)16(26)14(10)22-20(30)18(28)15(25)12(7-23)33-22/h2-6,12,15,18,20,22-26,28-30H,7H2,1H3/t12-,15-,18+,20-,22+/m1/s1. The summed E-state index contributed by atoms with van der Waals surface area (Å²) in [5.41, 5.74) is -1.12. The molecule has 1 aliphatic heterocycles. The zero-order valence-corrected chi connectivity index (χ0v) is 17.2. The maximum atomic E-state index is 13.0. The molecule has 0 amide bonds. The lowest BCUT2D eigenvalue weighted by Gasteiger charge is -2.40. The van der Waals surface area contributed by atoms with Gasteiger partial charge in [-0.1, -0.05) is 0 Å². The van der Waals surface area contributed by atoms with E-state index in [1.807, 2.05) is 0 Å². The molecule has 0 aliphatic carbocycles. The number of fused-ring (bicyclic) bond motifs is 1. The Morgan fingerprint density at radius 2 is 1.64 bits per heavy atom. The summed E-state index contributed by atoms with van der Waals surface area (Å²) in [6.07, 6.45) is -7.88. The Bertz CT molecular complexity index is 1230. The molecule has 0 unspecified atom stereocenters. The summed E-state index contributed by atoms with van der Waals surface area (Å²) in [5, 5.41) is 70.5. The number of methoxy groups -OCH3 is 1. The summed E-state index contributed by atoms with van der Waals surface area (Å²) in [6, 6.07) is 6.73. The van der Waals surface area contributed by atoms with Crippen LogP contribution in [-0.2, 0) is 4.74 Å². The highest BCUT2D eigenvalue weighted by Gasteiger charge is 2.46.